The molecule has 2 unspecified atom stereocenters. The van der Waals surface area contributed by atoms with Gasteiger partial charge in [-0.05, 0) is 31.7 Å². The molecule has 1 aromatic rings. The maximum absolute atomic E-state index is 12.9. The Balaban J connectivity index is 2.09. The molecule has 0 aromatic heterocycles. The van der Waals surface area contributed by atoms with E-state index in [-0.39, 0.29) is 23.9 Å². The Labute approximate surface area is 112 Å². The second-order valence-corrected chi connectivity index (χ2v) is 4.82. The Hall–Kier alpha value is -1.46. The van der Waals surface area contributed by atoms with Gasteiger partial charge in [0.05, 0.1) is 19.2 Å². The molecule has 1 amide bonds. The Morgan fingerprint density at radius 1 is 1.42 bits per heavy atom. The van der Waals surface area contributed by atoms with Crippen LogP contribution in [0.2, 0.25) is 0 Å². The number of halogens is 1. The minimum absolute atomic E-state index is 0.0235. The van der Waals surface area contributed by atoms with Crippen molar-refractivity contribution in [1.82, 2.24) is 10.2 Å². The van der Waals surface area contributed by atoms with Crippen LogP contribution in [-0.4, -0.2) is 43.6 Å². The molecule has 1 aromatic carbocycles. The smallest absolute Gasteiger partial charge is 0.236 e. The molecule has 0 radical (unpaired) electrons. The molecule has 1 fully saturated rings. The SMILES string of the molecule is CNCC(=O)N1CC(C)OC(c2ccc(F)cc2)C1. The lowest BCUT2D eigenvalue weighted by atomic mass is 10.1. The number of amides is 1. The Bertz CT molecular complexity index is 436. The van der Waals surface area contributed by atoms with Crippen molar-refractivity contribution in [3.8, 4) is 0 Å². The summed E-state index contributed by atoms with van der Waals surface area (Å²) in [7, 11) is 1.75. The average molecular weight is 266 g/mol. The summed E-state index contributed by atoms with van der Waals surface area (Å²) in [6.45, 7) is 3.37. The van der Waals surface area contributed by atoms with Crippen LogP contribution in [0.1, 0.15) is 18.6 Å². The highest BCUT2D eigenvalue weighted by Crippen LogP contribution is 2.25. The first kappa shape index (κ1) is 14.0. The van der Waals surface area contributed by atoms with Crippen LogP contribution < -0.4 is 5.32 Å². The van der Waals surface area contributed by atoms with Crippen LogP contribution in [0.25, 0.3) is 0 Å². The quantitative estimate of drug-likeness (QED) is 0.897. The number of nitrogens with one attached hydrogen (secondary N) is 1. The van der Waals surface area contributed by atoms with Crippen molar-refractivity contribution in [3.05, 3.63) is 35.6 Å². The number of rotatable bonds is 3. The van der Waals surface area contributed by atoms with E-state index < -0.39 is 0 Å². The highest BCUT2D eigenvalue weighted by molar-refractivity contribution is 5.78. The topological polar surface area (TPSA) is 41.6 Å². The molecule has 0 aliphatic carbocycles. The van der Waals surface area contributed by atoms with Crippen molar-refractivity contribution >= 4 is 5.91 Å². The van der Waals surface area contributed by atoms with Gasteiger partial charge in [0.2, 0.25) is 5.91 Å². The fraction of sp³-hybridized carbons (Fsp3) is 0.500. The lowest BCUT2D eigenvalue weighted by molar-refractivity contribution is -0.143. The molecule has 1 N–H and O–H groups in total. The zero-order chi connectivity index (χ0) is 13.8. The first-order valence-electron chi connectivity index (χ1n) is 6.43. The van der Waals surface area contributed by atoms with Crippen molar-refractivity contribution in [3.63, 3.8) is 0 Å². The van der Waals surface area contributed by atoms with E-state index in [1.807, 2.05) is 6.92 Å². The van der Waals surface area contributed by atoms with Gasteiger partial charge in [-0.1, -0.05) is 12.1 Å². The number of carbonyl (C=O) groups excluding carboxylic acids is 1. The van der Waals surface area contributed by atoms with Crippen LogP contribution in [0, 0.1) is 5.82 Å². The van der Waals surface area contributed by atoms with Crippen LogP contribution in [0.5, 0.6) is 0 Å². The minimum atomic E-state index is -0.268. The van der Waals surface area contributed by atoms with E-state index in [0.717, 1.165) is 5.56 Å². The summed E-state index contributed by atoms with van der Waals surface area (Å²) < 4.78 is 18.8. The number of morpholine rings is 1. The number of hydrogen-bond donors (Lipinski definition) is 1. The Morgan fingerprint density at radius 2 is 2.11 bits per heavy atom. The predicted molar refractivity (Wildman–Crippen MR) is 70.2 cm³/mol. The van der Waals surface area contributed by atoms with Crippen LogP contribution in [0.3, 0.4) is 0 Å². The summed E-state index contributed by atoms with van der Waals surface area (Å²) in [6, 6.07) is 6.24. The molecule has 0 spiro atoms. The third kappa shape index (κ3) is 3.52. The van der Waals surface area contributed by atoms with E-state index in [4.69, 9.17) is 4.74 Å². The summed E-state index contributed by atoms with van der Waals surface area (Å²) in [5.41, 5.74) is 0.898. The second kappa shape index (κ2) is 6.12. The molecule has 104 valence electrons. The predicted octanol–water partition coefficient (Wildman–Crippen LogP) is 1.33. The molecule has 19 heavy (non-hydrogen) atoms. The van der Waals surface area contributed by atoms with Crippen molar-refractivity contribution < 1.29 is 13.9 Å². The van der Waals surface area contributed by atoms with Gasteiger partial charge in [-0.2, -0.15) is 0 Å². The maximum Gasteiger partial charge on any atom is 0.236 e. The molecule has 1 aliphatic rings. The van der Waals surface area contributed by atoms with Gasteiger partial charge in [0.1, 0.15) is 11.9 Å². The fourth-order valence-electron chi connectivity index (χ4n) is 2.28. The van der Waals surface area contributed by atoms with Crippen molar-refractivity contribution in [2.75, 3.05) is 26.7 Å². The van der Waals surface area contributed by atoms with Gasteiger partial charge in [-0.25, -0.2) is 4.39 Å². The van der Waals surface area contributed by atoms with Gasteiger partial charge in [-0.15, -0.1) is 0 Å². The Kier molecular flexibility index (Phi) is 4.50. The molecule has 2 rings (SSSR count). The third-order valence-electron chi connectivity index (χ3n) is 3.18. The monoisotopic (exact) mass is 266 g/mol. The highest BCUT2D eigenvalue weighted by atomic mass is 19.1. The van der Waals surface area contributed by atoms with Gasteiger partial charge in [0.25, 0.3) is 0 Å². The number of benzene rings is 1. The first-order valence-corrected chi connectivity index (χ1v) is 6.43. The molecule has 4 nitrogen and oxygen atoms in total. The lowest BCUT2D eigenvalue weighted by Crippen LogP contribution is -2.48. The van der Waals surface area contributed by atoms with Crippen molar-refractivity contribution in [2.24, 2.45) is 0 Å². The minimum Gasteiger partial charge on any atom is -0.367 e. The number of likely N-dealkylation sites (N-methyl/N-ethyl adjacent to an activating group) is 1. The van der Waals surface area contributed by atoms with Crippen LogP contribution in [-0.2, 0) is 9.53 Å². The summed E-state index contributed by atoms with van der Waals surface area (Å²) in [6.07, 6.45) is -0.213. The standard InChI is InChI=1S/C14H19FN2O2/c1-10-8-17(14(18)7-16-2)9-13(19-10)11-3-5-12(15)6-4-11/h3-6,10,13,16H,7-9H2,1-2H3. The summed E-state index contributed by atoms with van der Waals surface area (Å²) in [5, 5.41) is 2.86. The number of carbonyl (C=O) groups is 1. The number of nitrogens with zero attached hydrogens (tertiary/aromatic N) is 1. The molecular weight excluding hydrogens is 247 g/mol. The molecule has 0 bridgehead atoms. The van der Waals surface area contributed by atoms with Crippen molar-refractivity contribution in [1.29, 1.82) is 0 Å². The zero-order valence-corrected chi connectivity index (χ0v) is 11.2. The second-order valence-electron chi connectivity index (χ2n) is 4.82. The fourth-order valence-corrected chi connectivity index (χ4v) is 2.28. The highest BCUT2D eigenvalue weighted by Gasteiger charge is 2.28. The molecule has 1 heterocycles. The van der Waals surface area contributed by atoms with E-state index in [1.165, 1.54) is 12.1 Å². The first-order chi connectivity index (χ1) is 9.10. The van der Waals surface area contributed by atoms with Crippen molar-refractivity contribution in [2.45, 2.75) is 19.1 Å². The summed E-state index contributed by atoms with van der Waals surface area (Å²) >= 11 is 0. The van der Waals surface area contributed by atoms with Gasteiger partial charge < -0.3 is 15.0 Å². The van der Waals surface area contributed by atoms with Gasteiger partial charge in [0.15, 0.2) is 0 Å². The average Bonchev–Trinajstić information content (AvgIpc) is 2.39. The molecule has 1 saturated heterocycles. The van der Waals surface area contributed by atoms with E-state index in [1.54, 1.807) is 24.1 Å². The van der Waals surface area contributed by atoms with Crippen LogP contribution in [0.15, 0.2) is 24.3 Å². The molecule has 5 heteroatoms. The van der Waals surface area contributed by atoms with E-state index in [0.29, 0.717) is 19.6 Å². The largest absolute Gasteiger partial charge is 0.367 e. The molecule has 2 atom stereocenters. The van der Waals surface area contributed by atoms with Gasteiger partial charge >= 0.3 is 0 Å². The van der Waals surface area contributed by atoms with Gasteiger partial charge in [0, 0.05) is 6.54 Å². The van der Waals surface area contributed by atoms with Crippen LogP contribution >= 0.6 is 0 Å². The molecule has 1 aliphatic heterocycles. The van der Waals surface area contributed by atoms with E-state index in [2.05, 4.69) is 5.32 Å². The number of hydrogen-bond acceptors (Lipinski definition) is 3. The summed E-state index contributed by atoms with van der Waals surface area (Å²) in [4.78, 5) is 13.7. The van der Waals surface area contributed by atoms with E-state index >= 15 is 0 Å². The van der Waals surface area contributed by atoms with Crippen LogP contribution in [0.4, 0.5) is 4.39 Å². The molecule has 0 saturated carbocycles. The van der Waals surface area contributed by atoms with Gasteiger partial charge in [-0.3, -0.25) is 4.79 Å². The zero-order valence-electron chi connectivity index (χ0n) is 11.2. The normalized spacial score (nSPS) is 23.4. The maximum atomic E-state index is 12.9. The summed E-state index contributed by atoms with van der Waals surface area (Å²) in [5.74, 6) is -0.208. The lowest BCUT2D eigenvalue weighted by Gasteiger charge is -2.37. The number of ether oxygens (including phenoxy) is 1. The van der Waals surface area contributed by atoms with E-state index in [9.17, 15) is 9.18 Å². The third-order valence-corrected chi connectivity index (χ3v) is 3.18. The Morgan fingerprint density at radius 3 is 2.74 bits per heavy atom. The molecular formula is C14H19FN2O2.